The van der Waals surface area contributed by atoms with Gasteiger partial charge in [0.1, 0.15) is 5.69 Å². The maximum Gasteiger partial charge on any atom is 0.272 e. The van der Waals surface area contributed by atoms with Crippen LogP contribution in [-0.2, 0) is 0 Å². The van der Waals surface area contributed by atoms with Crippen LogP contribution in [-0.4, -0.2) is 21.6 Å². The van der Waals surface area contributed by atoms with Crippen LogP contribution in [0.25, 0.3) is 5.69 Å². The topological polar surface area (TPSA) is 44.1 Å². The highest BCUT2D eigenvalue weighted by molar-refractivity contribution is 6.67. The van der Waals surface area contributed by atoms with Gasteiger partial charge in [-0.05, 0) is 37.1 Å². The number of hydrogen-bond acceptors (Lipinski definition) is 3. The quantitative estimate of drug-likeness (QED) is 0.602. The third kappa shape index (κ3) is 3.39. The van der Waals surface area contributed by atoms with E-state index in [4.69, 9.17) is 16.3 Å². The van der Waals surface area contributed by atoms with Crippen molar-refractivity contribution in [1.82, 2.24) is 9.78 Å². The first-order valence-corrected chi connectivity index (χ1v) is 6.99. The Morgan fingerprint density at radius 3 is 2.65 bits per heavy atom. The van der Waals surface area contributed by atoms with E-state index in [0.717, 1.165) is 24.1 Å². The van der Waals surface area contributed by atoms with Crippen molar-refractivity contribution in [3.63, 3.8) is 0 Å². The lowest BCUT2D eigenvalue weighted by Gasteiger charge is -2.08. The van der Waals surface area contributed by atoms with Gasteiger partial charge in [0.05, 0.1) is 12.3 Å². The third-order valence-electron chi connectivity index (χ3n) is 2.90. The van der Waals surface area contributed by atoms with Crippen LogP contribution in [0.15, 0.2) is 30.3 Å². The van der Waals surface area contributed by atoms with Crippen LogP contribution in [0.5, 0.6) is 5.88 Å². The molecule has 0 atom stereocenters. The highest BCUT2D eigenvalue weighted by Crippen LogP contribution is 2.21. The second kappa shape index (κ2) is 6.57. The Morgan fingerprint density at radius 1 is 1.35 bits per heavy atom. The van der Waals surface area contributed by atoms with Crippen LogP contribution in [0.2, 0.25) is 0 Å². The molecule has 0 aliphatic carbocycles. The number of aromatic nitrogens is 2. The van der Waals surface area contributed by atoms with Crippen molar-refractivity contribution in [2.75, 3.05) is 6.61 Å². The number of rotatable bonds is 6. The molecule has 1 heterocycles. The number of nitrogens with zero attached hydrogens (tertiary/aromatic N) is 2. The zero-order valence-corrected chi connectivity index (χ0v) is 12.4. The van der Waals surface area contributed by atoms with Gasteiger partial charge in [0.25, 0.3) is 5.24 Å². The van der Waals surface area contributed by atoms with E-state index in [1.807, 2.05) is 31.2 Å². The first kappa shape index (κ1) is 14.6. The summed E-state index contributed by atoms with van der Waals surface area (Å²) < 4.78 is 7.28. The predicted octanol–water partition coefficient (Wildman–Crippen LogP) is 3.74. The molecule has 2 rings (SSSR count). The van der Waals surface area contributed by atoms with Gasteiger partial charge in [0, 0.05) is 6.07 Å². The fraction of sp³-hybridized carbons (Fsp3) is 0.333. The molecule has 0 spiro atoms. The Hall–Kier alpha value is -1.81. The maximum absolute atomic E-state index is 11.3. The number of hydrogen-bond donors (Lipinski definition) is 0. The van der Waals surface area contributed by atoms with Gasteiger partial charge in [0.2, 0.25) is 5.88 Å². The molecule has 0 radical (unpaired) electrons. The molecule has 0 saturated carbocycles. The van der Waals surface area contributed by atoms with E-state index in [9.17, 15) is 4.79 Å². The van der Waals surface area contributed by atoms with Crippen LogP contribution in [0.1, 0.15) is 35.8 Å². The highest BCUT2D eigenvalue weighted by Gasteiger charge is 2.14. The summed E-state index contributed by atoms with van der Waals surface area (Å²) in [4.78, 5) is 11.3. The number of unbranched alkanes of at least 4 members (excludes halogenated alkanes) is 1. The van der Waals surface area contributed by atoms with E-state index >= 15 is 0 Å². The van der Waals surface area contributed by atoms with E-state index in [1.165, 1.54) is 0 Å². The predicted molar refractivity (Wildman–Crippen MR) is 78.9 cm³/mol. The van der Waals surface area contributed by atoms with Gasteiger partial charge < -0.3 is 4.74 Å². The standard InChI is InChI=1S/C15H17ClN2O2/c1-3-4-9-20-14-10-13(15(16)19)17-18(14)12-7-5-11(2)6-8-12/h5-8,10H,3-4,9H2,1-2H3. The highest BCUT2D eigenvalue weighted by atomic mass is 35.5. The molecule has 0 fully saturated rings. The van der Waals surface area contributed by atoms with Gasteiger partial charge in [-0.3, -0.25) is 4.79 Å². The summed E-state index contributed by atoms with van der Waals surface area (Å²) in [5.41, 5.74) is 2.19. The summed E-state index contributed by atoms with van der Waals surface area (Å²) in [5.74, 6) is 0.534. The molecule has 5 heteroatoms. The first-order chi connectivity index (χ1) is 9.61. The monoisotopic (exact) mass is 292 g/mol. The van der Waals surface area contributed by atoms with Gasteiger partial charge in [-0.1, -0.05) is 31.0 Å². The van der Waals surface area contributed by atoms with Crippen LogP contribution < -0.4 is 4.74 Å². The third-order valence-corrected chi connectivity index (χ3v) is 3.10. The summed E-state index contributed by atoms with van der Waals surface area (Å²) in [6.07, 6.45) is 1.99. The number of carbonyl (C=O) groups is 1. The zero-order chi connectivity index (χ0) is 14.5. The van der Waals surface area contributed by atoms with Gasteiger partial charge >= 0.3 is 0 Å². The molecule has 1 aromatic carbocycles. The smallest absolute Gasteiger partial charge is 0.272 e. The molecule has 2 aromatic rings. The Balaban J connectivity index is 2.33. The SMILES string of the molecule is CCCCOc1cc(C(=O)Cl)nn1-c1ccc(C)cc1. The minimum atomic E-state index is -0.587. The fourth-order valence-electron chi connectivity index (χ4n) is 1.75. The zero-order valence-electron chi connectivity index (χ0n) is 11.6. The van der Waals surface area contributed by atoms with E-state index in [0.29, 0.717) is 12.5 Å². The molecular formula is C15H17ClN2O2. The molecule has 0 amide bonds. The van der Waals surface area contributed by atoms with E-state index in [2.05, 4.69) is 12.0 Å². The van der Waals surface area contributed by atoms with Gasteiger partial charge in [-0.15, -0.1) is 0 Å². The van der Waals surface area contributed by atoms with Crippen LogP contribution >= 0.6 is 11.6 Å². The largest absolute Gasteiger partial charge is 0.478 e. The Morgan fingerprint density at radius 2 is 2.05 bits per heavy atom. The minimum Gasteiger partial charge on any atom is -0.478 e. The molecule has 0 bridgehead atoms. The number of ether oxygens (including phenoxy) is 1. The second-order valence-electron chi connectivity index (χ2n) is 4.59. The lowest BCUT2D eigenvalue weighted by Crippen LogP contribution is -2.04. The normalized spacial score (nSPS) is 10.6. The molecule has 0 unspecified atom stereocenters. The fourth-order valence-corrected chi connectivity index (χ4v) is 1.85. The summed E-state index contributed by atoms with van der Waals surface area (Å²) >= 11 is 5.49. The Kier molecular flexibility index (Phi) is 4.79. The summed E-state index contributed by atoms with van der Waals surface area (Å²) in [6.45, 7) is 4.69. The summed E-state index contributed by atoms with van der Waals surface area (Å²) in [6, 6.07) is 9.39. The number of aryl methyl sites for hydroxylation is 1. The van der Waals surface area contributed by atoms with E-state index in [1.54, 1.807) is 10.7 Å². The van der Waals surface area contributed by atoms with Crippen molar-refractivity contribution < 1.29 is 9.53 Å². The van der Waals surface area contributed by atoms with Crippen molar-refractivity contribution in [1.29, 1.82) is 0 Å². The van der Waals surface area contributed by atoms with Gasteiger partial charge in [-0.25, -0.2) is 4.68 Å². The number of carbonyl (C=O) groups excluding carboxylic acids is 1. The average Bonchev–Trinajstić information content (AvgIpc) is 2.84. The molecule has 20 heavy (non-hydrogen) atoms. The maximum atomic E-state index is 11.3. The van der Waals surface area contributed by atoms with E-state index in [-0.39, 0.29) is 5.69 Å². The average molecular weight is 293 g/mol. The molecule has 0 N–H and O–H groups in total. The first-order valence-electron chi connectivity index (χ1n) is 6.61. The second-order valence-corrected chi connectivity index (χ2v) is 4.93. The van der Waals surface area contributed by atoms with E-state index < -0.39 is 5.24 Å². The molecule has 1 aromatic heterocycles. The van der Waals surface area contributed by atoms with Gasteiger partial charge in [0.15, 0.2) is 0 Å². The summed E-state index contributed by atoms with van der Waals surface area (Å²) in [5, 5.41) is 3.61. The summed E-state index contributed by atoms with van der Waals surface area (Å²) in [7, 11) is 0. The van der Waals surface area contributed by atoms with Crippen molar-refractivity contribution in [2.24, 2.45) is 0 Å². The van der Waals surface area contributed by atoms with Crippen molar-refractivity contribution in [3.8, 4) is 11.6 Å². The molecule has 106 valence electrons. The van der Waals surface area contributed by atoms with Crippen LogP contribution in [0, 0.1) is 6.92 Å². The van der Waals surface area contributed by atoms with Crippen molar-refractivity contribution >= 4 is 16.8 Å². The van der Waals surface area contributed by atoms with Crippen molar-refractivity contribution in [3.05, 3.63) is 41.6 Å². The van der Waals surface area contributed by atoms with Crippen LogP contribution in [0.4, 0.5) is 0 Å². The Labute approximate surface area is 123 Å². The molecule has 0 saturated heterocycles. The lowest BCUT2D eigenvalue weighted by atomic mass is 10.2. The van der Waals surface area contributed by atoms with Gasteiger partial charge in [-0.2, -0.15) is 5.10 Å². The number of halogens is 1. The van der Waals surface area contributed by atoms with Crippen LogP contribution in [0.3, 0.4) is 0 Å². The lowest BCUT2D eigenvalue weighted by molar-refractivity contribution is 0.107. The molecular weight excluding hydrogens is 276 g/mol. The number of benzene rings is 1. The Bertz CT molecular complexity index is 590. The molecule has 4 nitrogen and oxygen atoms in total. The minimum absolute atomic E-state index is 0.193. The molecule has 0 aliphatic rings. The molecule has 0 aliphatic heterocycles. The van der Waals surface area contributed by atoms with Crippen molar-refractivity contribution in [2.45, 2.75) is 26.7 Å².